The Morgan fingerprint density at radius 3 is 2.23 bits per heavy atom. The van der Waals surface area contributed by atoms with Crippen LogP contribution in [-0.2, 0) is 14.8 Å². The first kappa shape index (κ1) is 21.6. The van der Waals surface area contributed by atoms with Crippen LogP contribution in [0.1, 0.15) is 12.8 Å². The van der Waals surface area contributed by atoms with E-state index in [2.05, 4.69) is 10.2 Å². The Morgan fingerprint density at radius 1 is 0.967 bits per heavy atom. The summed E-state index contributed by atoms with van der Waals surface area (Å²) in [5.41, 5.74) is 1.97. The maximum atomic E-state index is 12.7. The quantitative estimate of drug-likeness (QED) is 0.705. The van der Waals surface area contributed by atoms with E-state index in [4.69, 9.17) is 11.6 Å². The zero-order valence-corrected chi connectivity index (χ0v) is 19.0. The number of rotatable bonds is 6. The summed E-state index contributed by atoms with van der Waals surface area (Å²) in [6, 6.07) is 11.1. The van der Waals surface area contributed by atoms with Gasteiger partial charge >= 0.3 is 0 Å². The van der Waals surface area contributed by atoms with Crippen LogP contribution < -0.4 is 10.2 Å². The summed E-state index contributed by atoms with van der Waals surface area (Å²) in [6.45, 7) is 4.16. The molecular formula is C20H25ClN4O3S2. The van der Waals surface area contributed by atoms with Gasteiger partial charge in [0.2, 0.25) is 5.91 Å². The van der Waals surface area contributed by atoms with E-state index in [0.29, 0.717) is 30.5 Å². The summed E-state index contributed by atoms with van der Waals surface area (Å²) in [5, 5.41) is 2.93. The minimum atomic E-state index is -3.52. The van der Waals surface area contributed by atoms with Crippen LogP contribution in [0.2, 0.25) is 4.34 Å². The summed E-state index contributed by atoms with van der Waals surface area (Å²) in [6.07, 6.45) is 2.46. The third-order valence-electron chi connectivity index (χ3n) is 5.46. The van der Waals surface area contributed by atoms with Crippen molar-refractivity contribution >= 4 is 50.2 Å². The molecule has 10 heteroatoms. The molecule has 2 fully saturated rings. The molecule has 0 unspecified atom stereocenters. The average Bonchev–Trinajstić information content (AvgIpc) is 3.41. The standard InChI is InChI=1S/C20H25ClN4O3S2/c21-18-7-8-20(29-18)30(27,28)25-13-11-23(12-14-25)15-19(26)22-16-3-5-17(6-4-16)24-9-1-2-10-24/h3-8H,1-2,9-15H2,(H,22,26). The van der Waals surface area contributed by atoms with Crippen molar-refractivity contribution in [2.45, 2.75) is 17.1 Å². The van der Waals surface area contributed by atoms with Crippen LogP contribution >= 0.6 is 22.9 Å². The van der Waals surface area contributed by atoms with Gasteiger partial charge < -0.3 is 10.2 Å². The molecule has 3 heterocycles. The lowest BCUT2D eigenvalue weighted by Crippen LogP contribution is -2.50. The summed E-state index contributed by atoms with van der Waals surface area (Å²) in [5.74, 6) is -0.0923. The maximum Gasteiger partial charge on any atom is 0.252 e. The van der Waals surface area contributed by atoms with Crippen LogP contribution in [0.3, 0.4) is 0 Å². The van der Waals surface area contributed by atoms with Gasteiger partial charge in [-0.05, 0) is 49.2 Å². The van der Waals surface area contributed by atoms with E-state index in [-0.39, 0.29) is 16.7 Å². The van der Waals surface area contributed by atoms with E-state index < -0.39 is 10.0 Å². The molecule has 0 atom stereocenters. The van der Waals surface area contributed by atoms with Gasteiger partial charge in [0, 0.05) is 50.6 Å². The van der Waals surface area contributed by atoms with Gasteiger partial charge in [-0.25, -0.2) is 8.42 Å². The molecule has 7 nitrogen and oxygen atoms in total. The van der Waals surface area contributed by atoms with Gasteiger partial charge in [-0.2, -0.15) is 4.31 Å². The number of benzene rings is 1. The Balaban J connectivity index is 1.26. The van der Waals surface area contributed by atoms with Crippen molar-refractivity contribution in [1.82, 2.24) is 9.21 Å². The molecule has 0 bridgehead atoms. The molecule has 1 amide bonds. The molecule has 1 aromatic heterocycles. The number of amides is 1. The number of sulfonamides is 1. The lowest BCUT2D eigenvalue weighted by Gasteiger charge is -2.33. The molecule has 2 aliphatic heterocycles. The van der Waals surface area contributed by atoms with E-state index in [9.17, 15) is 13.2 Å². The monoisotopic (exact) mass is 468 g/mol. The molecule has 162 valence electrons. The van der Waals surface area contributed by atoms with Gasteiger partial charge in [0.25, 0.3) is 10.0 Å². The lowest BCUT2D eigenvalue weighted by atomic mass is 10.2. The van der Waals surface area contributed by atoms with Crippen LogP contribution in [0.5, 0.6) is 0 Å². The molecule has 0 radical (unpaired) electrons. The molecule has 0 spiro atoms. The molecule has 2 aromatic rings. The highest BCUT2D eigenvalue weighted by Gasteiger charge is 2.30. The maximum absolute atomic E-state index is 12.7. The van der Waals surface area contributed by atoms with E-state index in [1.54, 1.807) is 6.07 Å². The third kappa shape index (κ3) is 4.97. The highest BCUT2D eigenvalue weighted by Crippen LogP contribution is 2.28. The van der Waals surface area contributed by atoms with Gasteiger partial charge in [-0.3, -0.25) is 9.69 Å². The summed E-state index contributed by atoms with van der Waals surface area (Å²) < 4.78 is 27.5. The summed E-state index contributed by atoms with van der Waals surface area (Å²) in [4.78, 5) is 16.7. The molecule has 2 aliphatic rings. The fourth-order valence-electron chi connectivity index (χ4n) is 3.83. The number of nitrogens with zero attached hydrogens (tertiary/aromatic N) is 3. The molecule has 2 saturated heterocycles. The van der Waals surface area contributed by atoms with E-state index in [1.807, 2.05) is 29.2 Å². The Kier molecular flexibility index (Phi) is 6.64. The Morgan fingerprint density at radius 2 is 1.63 bits per heavy atom. The predicted octanol–water partition coefficient (Wildman–Crippen LogP) is 2.95. The van der Waals surface area contributed by atoms with Crippen molar-refractivity contribution in [3.05, 3.63) is 40.7 Å². The molecule has 4 rings (SSSR count). The highest BCUT2D eigenvalue weighted by molar-refractivity contribution is 7.91. The van der Waals surface area contributed by atoms with Gasteiger partial charge in [0.05, 0.1) is 10.9 Å². The first-order valence-electron chi connectivity index (χ1n) is 10.0. The number of piperazine rings is 1. The number of anilines is 2. The van der Waals surface area contributed by atoms with Crippen molar-refractivity contribution in [2.75, 3.05) is 56.0 Å². The highest BCUT2D eigenvalue weighted by atomic mass is 35.5. The number of halogens is 1. The molecule has 1 N–H and O–H groups in total. The van der Waals surface area contributed by atoms with Crippen molar-refractivity contribution in [3.63, 3.8) is 0 Å². The SMILES string of the molecule is O=C(CN1CCN(S(=O)(=O)c2ccc(Cl)s2)CC1)Nc1ccc(N2CCCC2)cc1. The zero-order valence-electron chi connectivity index (χ0n) is 16.6. The predicted molar refractivity (Wildman–Crippen MR) is 121 cm³/mol. The Hall–Kier alpha value is -1.65. The van der Waals surface area contributed by atoms with Crippen LogP contribution in [0.25, 0.3) is 0 Å². The molecule has 1 aromatic carbocycles. The van der Waals surface area contributed by atoms with E-state index >= 15 is 0 Å². The second kappa shape index (κ2) is 9.23. The fraction of sp³-hybridized carbons (Fsp3) is 0.450. The van der Waals surface area contributed by atoms with Crippen LogP contribution in [0, 0.1) is 0 Å². The lowest BCUT2D eigenvalue weighted by molar-refractivity contribution is -0.117. The molecule has 0 saturated carbocycles. The number of hydrogen-bond acceptors (Lipinski definition) is 6. The minimum absolute atomic E-state index is 0.0923. The number of hydrogen-bond donors (Lipinski definition) is 1. The second-order valence-corrected chi connectivity index (χ2v) is 11.4. The van der Waals surface area contributed by atoms with Gasteiger partial charge in [-0.15, -0.1) is 11.3 Å². The molecular weight excluding hydrogens is 444 g/mol. The van der Waals surface area contributed by atoms with E-state index in [1.165, 1.54) is 28.9 Å². The topological polar surface area (TPSA) is 73.0 Å². The summed E-state index contributed by atoms with van der Waals surface area (Å²) in [7, 11) is -3.52. The van der Waals surface area contributed by atoms with E-state index in [0.717, 1.165) is 30.1 Å². The molecule has 30 heavy (non-hydrogen) atoms. The first-order valence-corrected chi connectivity index (χ1v) is 12.7. The van der Waals surface area contributed by atoms with Crippen LogP contribution in [0.15, 0.2) is 40.6 Å². The summed E-state index contributed by atoms with van der Waals surface area (Å²) >= 11 is 6.94. The first-order chi connectivity index (χ1) is 14.4. The largest absolute Gasteiger partial charge is 0.372 e. The Labute approximate surface area is 186 Å². The number of carbonyl (C=O) groups is 1. The van der Waals surface area contributed by atoms with Crippen molar-refractivity contribution in [2.24, 2.45) is 0 Å². The number of carbonyl (C=O) groups excluding carboxylic acids is 1. The Bertz CT molecular complexity index is 980. The van der Waals surface area contributed by atoms with Crippen LogP contribution in [0.4, 0.5) is 11.4 Å². The van der Waals surface area contributed by atoms with Crippen molar-refractivity contribution in [3.8, 4) is 0 Å². The van der Waals surface area contributed by atoms with Gasteiger partial charge in [-0.1, -0.05) is 11.6 Å². The average molecular weight is 469 g/mol. The normalized spacial score (nSPS) is 18.6. The second-order valence-electron chi connectivity index (χ2n) is 7.53. The number of thiophene rings is 1. The minimum Gasteiger partial charge on any atom is -0.372 e. The smallest absolute Gasteiger partial charge is 0.252 e. The van der Waals surface area contributed by atoms with Crippen LogP contribution in [-0.4, -0.2) is 69.3 Å². The third-order valence-corrected chi connectivity index (χ3v) is 9.06. The number of nitrogens with one attached hydrogen (secondary N) is 1. The van der Waals surface area contributed by atoms with Gasteiger partial charge in [0.15, 0.2) is 0 Å². The van der Waals surface area contributed by atoms with Crippen molar-refractivity contribution < 1.29 is 13.2 Å². The molecule has 0 aliphatic carbocycles. The van der Waals surface area contributed by atoms with Gasteiger partial charge in [0.1, 0.15) is 4.21 Å². The fourth-order valence-corrected chi connectivity index (χ4v) is 6.89. The zero-order chi connectivity index (χ0) is 21.1. The van der Waals surface area contributed by atoms with Crippen molar-refractivity contribution in [1.29, 1.82) is 0 Å².